The summed E-state index contributed by atoms with van der Waals surface area (Å²) in [6.45, 7) is 1.29. The fraction of sp³-hybridized carbons (Fsp3) is 0.732. The van der Waals surface area contributed by atoms with Gasteiger partial charge in [-0.15, -0.1) is 0 Å². The fourth-order valence-electron chi connectivity index (χ4n) is 8.75. The number of rotatable bonds is 37. The van der Waals surface area contributed by atoms with E-state index in [1.54, 1.807) is 12.2 Å². The van der Waals surface area contributed by atoms with Crippen molar-refractivity contribution in [3.8, 4) is 0 Å². The second-order valence-electron chi connectivity index (χ2n) is 19.3. The predicted molar refractivity (Wildman–Crippen MR) is 281 cm³/mol. The van der Waals surface area contributed by atoms with E-state index in [1.165, 1.54) is 12.8 Å². The van der Waals surface area contributed by atoms with Gasteiger partial charge in [-0.2, -0.15) is 0 Å². The molecule has 0 aliphatic carbocycles. The minimum Gasteiger partial charge on any atom is -0.394 e. The molecule has 0 aromatic rings. The molecule has 0 radical (unpaired) electrons. The second-order valence-corrected chi connectivity index (χ2v) is 19.3. The Bertz CT molecular complexity index is 1700. The molecule has 3 rings (SSSR count). The van der Waals surface area contributed by atoms with Gasteiger partial charge in [-0.3, -0.25) is 4.79 Å². The summed E-state index contributed by atoms with van der Waals surface area (Å²) < 4.78 is 34.1. The van der Waals surface area contributed by atoms with Gasteiger partial charge in [-0.1, -0.05) is 131 Å². The molecule has 3 heterocycles. The molecule has 0 bridgehead atoms. The summed E-state index contributed by atoms with van der Waals surface area (Å²) in [5.41, 5.74) is 0. The Labute approximate surface area is 444 Å². The molecular formula is C56H93NO18. The zero-order valence-electron chi connectivity index (χ0n) is 44.2. The SMILES string of the molecule is C/C=C/CC/C=C/CC/C=C/C(O)C(COC1OC(CO)C(OC2OC(CO)C(OC3OC(CO)C(O)C(O)C3O)C(O)C2O)C(O)C1O)NC(=O)CCCCCCCCCC/C=C\C/C=C\C/C=C\C/C=C\CC. The van der Waals surface area contributed by atoms with Crippen LogP contribution < -0.4 is 5.32 Å². The van der Waals surface area contributed by atoms with Crippen LogP contribution in [0.3, 0.4) is 0 Å². The van der Waals surface area contributed by atoms with Crippen molar-refractivity contribution in [2.75, 3.05) is 26.4 Å². The molecule has 0 spiro atoms. The maximum Gasteiger partial charge on any atom is 0.220 e. The van der Waals surface area contributed by atoms with Crippen LogP contribution in [0.25, 0.3) is 0 Å². The zero-order valence-corrected chi connectivity index (χ0v) is 44.2. The molecule has 0 saturated carbocycles. The standard InChI is InChI=1S/C56H93NO18/c1-3-5-7-9-11-13-14-15-16-17-18-19-20-21-22-23-24-26-28-30-32-34-44(62)57-39(40(61)33-31-29-27-25-12-10-8-6-4-2)38-70-54-50(68)47(65)52(42(36-59)72-54)75-56-51(69)48(66)53(43(37-60)73-56)74-55-49(67)46(64)45(63)41(35-58)71-55/h4-7,11-13,15-16,18-19,25,31,33,39-43,45-56,58-61,63-69H,3,8-10,14,17,20-24,26-30,32,34-38H2,1-2H3,(H,57,62)/b6-4+,7-5-,13-11-,16-15-,19-18-,25-12+,33-31+. The number of aliphatic hydroxyl groups excluding tert-OH is 11. The van der Waals surface area contributed by atoms with Crippen LogP contribution in [-0.4, -0.2) is 193 Å². The highest BCUT2D eigenvalue weighted by atomic mass is 16.8. The molecule has 1 amide bonds. The van der Waals surface area contributed by atoms with E-state index in [1.807, 2.05) is 13.0 Å². The summed E-state index contributed by atoms with van der Waals surface area (Å²) in [4.78, 5) is 13.2. The highest BCUT2D eigenvalue weighted by Gasteiger charge is 2.53. The maximum atomic E-state index is 13.2. The monoisotopic (exact) mass is 1070 g/mol. The smallest absolute Gasteiger partial charge is 0.220 e. The Morgan fingerprint density at radius 1 is 0.507 bits per heavy atom. The van der Waals surface area contributed by atoms with E-state index in [0.29, 0.717) is 12.8 Å². The van der Waals surface area contributed by atoms with Crippen molar-refractivity contribution in [1.29, 1.82) is 0 Å². The molecule has 3 aliphatic rings. The topological polar surface area (TPSA) is 307 Å². The van der Waals surface area contributed by atoms with Crippen LogP contribution in [0.1, 0.15) is 129 Å². The van der Waals surface area contributed by atoms with Crippen molar-refractivity contribution in [2.24, 2.45) is 0 Å². The lowest BCUT2D eigenvalue weighted by atomic mass is 9.96. The van der Waals surface area contributed by atoms with Crippen molar-refractivity contribution in [3.63, 3.8) is 0 Å². The van der Waals surface area contributed by atoms with Gasteiger partial charge in [0.2, 0.25) is 5.91 Å². The normalized spacial score (nSPS) is 31.9. The van der Waals surface area contributed by atoms with Crippen molar-refractivity contribution in [1.82, 2.24) is 5.32 Å². The minimum absolute atomic E-state index is 0.217. The molecule has 0 aromatic heterocycles. The van der Waals surface area contributed by atoms with E-state index in [4.69, 9.17) is 28.4 Å². The number of hydrogen-bond acceptors (Lipinski definition) is 18. The zero-order chi connectivity index (χ0) is 54.8. The number of nitrogens with one attached hydrogen (secondary N) is 1. The molecule has 17 atom stereocenters. The van der Waals surface area contributed by atoms with Gasteiger partial charge in [-0.25, -0.2) is 0 Å². The van der Waals surface area contributed by atoms with Crippen LogP contribution in [0.4, 0.5) is 0 Å². The van der Waals surface area contributed by atoms with E-state index in [2.05, 4.69) is 79.1 Å². The first-order chi connectivity index (χ1) is 36.3. The molecule has 3 fully saturated rings. The van der Waals surface area contributed by atoms with Crippen LogP contribution in [0.2, 0.25) is 0 Å². The number of allylic oxidation sites excluding steroid dienone is 13. The molecule has 12 N–H and O–H groups in total. The Morgan fingerprint density at radius 2 is 0.947 bits per heavy atom. The van der Waals surface area contributed by atoms with Gasteiger partial charge in [-0.05, 0) is 77.6 Å². The van der Waals surface area contributed by atoms with Crippen LogP contribution in [0.15, 0.2) is 85.1 Å². The van der Waals surface area contributed by atoms with Gasteiger partial charge in [0.05, 0.1) is 38.6 Å². The summed E-state index contributed by atoms with van der Waals surface area (Å²) in [6.07, 6.45) is 19.0. The number of hydrogen-bond donors (Lipinski definition) is 12. The van der Waals surface area contributed by atoms with Crippen LogP contribution in [-0.2, 0) is 33.2 Å². The van der Waals surface area contributed by atoms with Crippen LogP contribution >= 0.6 is 0 Å². The molecule has 19 nitrogen and oxygen atoms in total. The maximum absolute atomic E-state index is 13.2. The molecule has 3 saturated heterocycles. The van der Waals surface area contributed by atoms with Gasteiger partial charge in [0, 0.05) is 6.42 Å². The van der Waals surface area contributed by atoms with Gasteiger partial charge in [0.25, 0.3) is 0 Å². The third kappa shape index (κ3) is 24.3. The molecule has 75 heavy (non-hydrogen) atoms. The molecule has 19 heteroatoms. The number of aliphatic hydroxyl groups is 11. The van der Waals surface area contributed by atoms with Crippen molar-refractivity contribution >= 4 is 5.91 Å². The Balaban J connectivity index is 1.49. The number of carbonyl (C=O) groups excluding carboxylic acids is 1. The van der Waals surface area contributed by atoms with Crippen LogP contribution in [0.5, 0.6) is 0 Å². The lowest BCUT2D eigenvalue weighted by molar-refractivity contribution is -0.379. The first-order valence-electron chi connectivity index (χ1n) is 27.3. The predicted octanol–water partition coefficient (Wildman–Crippen LogP) is 3.25. The quantitative estimate of drug-likeness (QED) is 0.0314. The average Bonchev–Trinajstić information content (AvgIpc) is 3.41. The van der Waals surface area contributed by atoms with Crippen molar-refractivity contribution in [2.45, 2.75) is 234 Å². The third-order valence-electron chi connectivity index (χ3n) is 13.3. The minimum atomic E-state index is -1.98. The third-order valence-corrected chi connectivity index (χ3v) is 13.3. The largest absolute Gasteiger partial charge is 0.394 e. The van der Waals surface area contributed by atoms with E-state index in [0.717, 1.165) is 83.5 Å². The molecule has 3 aliphatic heterocycles. The van der Waals surface area contributed by atoms with E-state index >= 15 is 0 Å². The molecular weight excluding hydrogens is 975 g/mol. The second kappa shape index (κ2) is 39.3. The number of carbonyl (C=O) groups is 1. The first-order valence-corrected chi connectivity index (χ1v) is 27.3. The first kappa shape index (κ1) is 66.3. The van der Waals surface area contributed by atoms with Gasteiger partial charge in [0.1, 0.15) is 73.2 Å². The number of unbranched alkanes of at least 4 members (excludes halogenated alkanes) is 10. The van der Waals surface area contributed by atoms with Gasteiger partial charge in [0.15, 0.2) is 18.9 Å². The number of amides is 1. The summed E-state index contributed by atoms with van der Waals surface area (Å²) in [7, 11) is 0. The van der Waals surface area contributed by atoms with Crippen LogP contribution in [0, 0.1) is 0 Å². The van der Waals surface area contributed by atoms with E-state index in [-0.39, 0.29) is 18.9 Å². The Kier molecular flexibility index (Phi) is 34.8. The summed E-state index contributed by atoms with van der Waals surface area (Å²) in [6, 6.07) is -1.00. The Hall–Kier alpha value is -3.03. The fourth-order valence-corrected chi connectivity index (χ4v) is 8.75. The van der Waals surface area contributed by atoms with Crippen molar-refractivity contribution < 1.29 is 89.4 Å². The lowest BCUT2D eigenvalue weighted by Gasteiger charge is -2.48. The van der Waals surface area contributed by atoms with Crippen molar-refractivity contribution in [3.05, 3.63) is 85.1 Å². The summed E-state index contributed by atoms with van der Waals surface area (Å²) >= 11 is 0. The molecule has 17 unspecified atom stereocenters. The summed E-state index contributed by atoms with van der Waals surface area (Å²) in [5.74, 6) is -0.307. The lowest BCUT2D eigenvalue weighted by Crippen LogP contribution is -2.66. The highest BCUT2D eigenvalue weighted by molar-refractivity contribution is 5.76. The highest BCUT2D eigenvalue weighted by Crippen LogP contribution is 2.33. The van der Waals surface area contributed by atoms with Gasteiger partial charge < -0.3 is 89.9 Å². The van der Waals surface area contributed by atoms with E-state index in [9.17, 15) is 61.0 Å². The average molecular weight is 1070 g/mol. The Morgan fingerprint density at radius 3 is 1.49 bits per heavy atom. The van der Waals surface area contributed by atoms with E-state index < -0.39 is 124 Å². The number of ether oxygens (including phenoxy) is 6. The van der Waals surface area contributed by atoms with Gasteiger partial charge >= 0.3 is 0 Å². The summed E-state index contributed by atoms with van der Waals surface area (Å²) in [5, 5.41) is 120. The molecule has 430 valence electrons. The molecule has 0 aromatic carbocycles.